The number of carbonyl (C=O) groups excluding carboxylic acids is 1. The molecule has 0 bridgehead atoms. The highest BCUT2D eigenvalue weighted by atomic mass is 16.5. The summed E-state index contributed by atoms with van der Waals surface area (Å²) in [5, 5.41) is 8.24. The maximum atomic E-state index is 11.3. The molecule has 1 aliphatic rings. The molecule has 1 saturated carbocycles. The summed E-state index contributed by atoms with van der Waals surface area (Å²) in [7, 11) is 0. The monoisotopic (exact) mass is 181 g/mol. The Balaban J connectivity index is 2.33. The summed E-state index contributed by atoms with van der Waals surface area (Å²) < 4.78 is 4.78. The lowest BCUT2D eigenvalue weighted by atomic mass is 9.82. The van der Waals surface area contributed by atoms with Gasteiger partial charge in [0.1, 0.15) is 6.07 Å². The number of esters is 1. The van der Waals surface area contributed by atoms with Crippen LogP contribution in [0, 0.1) is 23.2 Å². The van der Waals surface area contributed by atoms with Crippen LogP contribution < -0.4 is 0 Å². The van der Waals surface area contributed by atoms with E-state index < -0.39 is 0 Å². The van der Waals surface area contributed by atoms with Crippen molar-refractivity contribution in [2.24, 2.45) is 11.8 Å². The van der Waals surface area contributed by atoms with Crippen molar-refractivity contribution in [1.82, 2.24) is 0 Å². The molecule has 1 rings (SSSR count). The van der Waals surface area contributed by atoms with Crippen molar-refractivity contribution in [3.05, 3.63) is 0 Å². The third-order valence-corrected chi connectivity index (χ3v) is 2.55. The fourth-order valence-electron chi connectivity index (χ4n) is 1.87. The zero-order chi connectivity index (χ0) is 9.68. The zero-order valence-corrected chi connectivity index (χ0v) is 7.95. The van der Waals surface area contributed by atoms with Crippen molar-refractivity contribution in [3.8, 4) is 6.07 Å². The molecule has 72 valence electrons. The minimum atomic E-state index is -0.187. The van der Waals surface area contributed by atoms with E-state index in [1.54, 1.807) is 6.07 Å². The lowest BCUT2D eigenvalue weighted by Gasteiger charge is -2.24. The quantitative estimate of drug-likeness (QED) is 0.611. The van der Waals surface area contributed by atoms with Gasteiger partial charge in [-0.05, 0) is 18.8 Å². The van der Waals surface area contributed by atoms with Crippen molar-refractivity contribution >= 4 is 5.97 Å². The van der Waals surface area contributed by atoms with Gasteiger partial charge in [-0.1, -0.05) is 19.8 Å². The number of carbonyl (C=O) groups is 1. The predicted octanol–water partition coefficient (Wildman–Crippen LogP) is 1.88. The van der Waals surface area contributed by atoms with E-state index in [9.17, 15) is 4.79 Å². The fourth-order valence-corrected chi connectivity index (χ4v) is 1.87. The number of hydrogen-bond acceptors (Lipinski definition) is 3. The van der Waals surface area contributed by atoms with Crippen molar-refractivity contribution in [3.63, 3.8) is 0 Å². The van der Waals surface area contributed by atoms with Crippen LogP contribution in [-0.2, 0) is 9.53 Å². The van der Waals surface area contributed by atoms with Gasteiger partial charge in [-0.25, -0.2) is 0 Å². The minimum Gasteiger partial charge on any atom is -0.450 e. The van der Waals surface area contributed by atoms with Gasteiger partial charge in [0, 0.05) is 0 Å². The molecule has 2 unspecified atom stereocenters. The summed E-state index contributed by atoms with van der Waals surface area (Å²) in [5.74, 6) is 0.471. The Morgan fingerprint density at radius 1 is 1.62 bits per heavy atom. The van der Waals surface area contributed by atoms with Gasteiger partial charge in [0.2, 0.25) is 0 Å². The second-order valence-corrected chi connectivity index (χ2v) is 3.73. The second-order valence-electron chi connectivity index (χ2n) is 3.73. The molecule has 0 N–H and O–H groups in total. The third kappa shape index (κ3) is 3.06. The van der Waals surface area contributed by atoms with E-state index in [1.807, 2.05) is 0 Å². The highest BCUT2D eigenvalue weighted by Gasteiger charge is 2.25. The van der Waals surface area contributed by atoms with Crippen molar-refractivity contribution in [1.29, 1.82) is 5.26 Å². The normalized spacial score (nSPS) is 27.7. The van der Waals surface area contributed by atoms with Gasteiger partial charge in [-0.2, -0.15) is 5.26 Å². The molecule has 3 nitrogen and oxygen atoms in total. The van der Waals surface area contributed by atoms with Crippen LogP contribution >= 0.6 is 0 Å². The molecule has 0 spiro atoms. The highest BCUT2D eigenvalue weighted by molar-refractivity contribution is 5.72. The standard InChI is InChI=1S/C10H15NO2/c1-8-3-2-4-9(7-8)10(12)13-6-5-11/h8-9H,2-4,6-7H2,1H3. The van der Waals surface area contributed by atoms with Gasteiger partial charge >= 0.3 is 5.97 Å². The van der Waals surface area contributed by atoms with Gasteiger partial charge in [-0.15, -0.1) is 0 Å². The van der Waals surface area contributed by atoms with Gasteiger partial charge in [0.05, 0.1) is 5.92 Å². The smallest absolute Gasteiger partial charge is 0.309 e. The summed E-state index contributed by atoms with van der Waals surface area (Å²) in [6.45, 7) is 2.05. The molecule has 2 atom stereocenters. The Morgan fingerprint density at radius 2 is 2.38 bits per heavy atom. The van der Waals surface area contributed by atoms with Gasteiger partial charge in [0.25, 0.3) is 0 Å². The van der Waals surface area contributed by atoms with Gasteiger partial charge < -0.3 is 4.74 Å². The topological polar surface area (TPSA) is 50.1 Å². The van der Waals surface area contributed by atoms with E-state index in [1.165, 1.54) is 6.42 Å². The van der Waals surface area contributed by atoms with E-state index >= 15 is 0 Å². The minimum absolute atomic E-state index is 0.0390. The molecule has 0 aromatic heterocycles. The van der Waals surface area contributed by atoms with Crippen molar-refractivity contribution < 1.29 is 9.53 Å². The molecule has 0 radical (unpaired) electrons. The molecule has 0 heterocycles. The molecule has 0 saturated heterocycles. The first-order valence-electron chi connectivity index (χ1n) is 4.77. The Bertz CT molecular complexity index is 219. The molecule has 13 heavy (non-hydrogen) atoms. The van der Waals surface area contributed by atoms with Crippen LogP contribution in [0.1, 0.15) is 32.6 Å². The largest absolute Gasteiger partial charge is 0.450 e. The maximum Gasteiger partial charge on any atom is 0.309 e. The van der Waals surface area contributed by atoms with E-state index in [0.29, 0.717) is 5.92 Å². The number of hydrogen-bond donors (Lipinski definition) is 0. The Morgan fingerprint density at radius 3 is 3.00 bits per heavy atom. The van der Waals surface area contributed by atoms with E-state index in [0.717, 1.165) is 19.3 Å². The van der Waals surface area contributed by atoms with Crippen LogP contribution in [0.2, 0.25) is 0 Å². The SMILES string of the molecule is CC1CCCC(C(=O)OCC#N)C1. The molecule has 1 aliphatic carbocycles. The summed E-state index contributed by atoms with van der Waals surface area (Å²) >= 11 is 0. The Labute approximate surface area is 78.7 Å². The average molecular weight is 181 g/mol. The summed E-state index contributed by atoms with van der Waals surface area (Å²) in [6, 6.07) is 1.81. The van der Waals surface area contributed by atoms with E-state index in [2.05, 4.69) is 6.92 Å². The van der Waals surface area contributed by atoms with E-state index in [-0.39, 0.29) is 18.5 Å². The lowest BCUT2D eigenvalue weighted by Crippen LogP contribution is -2.23. The molecular formula is C10H15NO2. The Kier molecular flexibility index (Phi) is 3.75. The third-order valence-electron chi connectivity index (χ3n) is 2.55. The summed E-state index contributed by atoms with van der Waals surface area (Å²) in [4.78, 5) is 11.3. The van der Waals surface area contributed by atoms with Crippen LogP contribution in [0.5, 0.6) is 0 Å². The predicted molar refractivity (Wildman–Crippen MR) is 47.7 cm³/mol. The molecule has 1 fully saturated rings. The number of ether oxygens (including phenoxy) is 1. The molecule has 0 amide bonds. The highest BCUT2D eigenvalue weighted by Crippen LogP contribution is 2.29. The number of nitrogens with zero attached hydrogens (tertiary/aromatic N) is 1. The first-order chi connectivity index (χ1) is 6.24. The summed E-state index contributed by atoms with van der Waals surface area (Å²) in [6.07, 6.45) is 4.16. The number of rotatable bonds is 2. The molecule has 0 aromatic carbocycles. The van der Waals surface area contributed by atoms with Crippen LogP contribution in [0.25, 0.3) is 0 Å². The first-order valence-corrected chi connectivity index (χ1v) is 4.77. The van der Waals surface area contributed by atoms with Gasteiger partial charge in [0.15, 0.2) is 6.61 Å². The zero-order valence-electron chi connectivity index (χ0n) is 7.95. The molecule has 3 heteroatoms. The number of nitriles is 1. The van der Waals surface area contributed by atoms with Crippen LogP contribution in [0.3, 0.4) is 0 Å². The van der Waals surface area contributed by atoms with Crippen molar-refractivity contribution in [2.75, 3.05) is 6.61 Å². The Hall–Kier alpha value is -1.04. The average Bonchev–Trinajstić information content (AvgIpc) is 2.14. The van der Waals surface area contributed by atoms with Crippen LogP contribution in [0.4, 0.5) is 0 Å². The molecule has 0 aliphatic heterocycles. The van der Waals surface area contributed by atoms with E-state index in [4.69, 9.17) is 10.00 Å². The maximum absolute atomic E-state index is 11.3. The van der Waals surface area contributed by atoms with Crippen LogP contribution in [-0.4, -0.2) is 12.6 Å². The lowest BCUT2D eigenvalue weighted by molar-refractivity contribution is -0.148. The van der Waals surface area contributed by atoms with Crippen molar-refractivity contribution in [2.45, 2.75) is 32.6 Å². The van der Waals surface area contributed by atoms with Crippen LogP contribution in [0.15, 0.2) is 0 Å². The fraction of sp³-hybridized carbons (Fsp3) is 0.800. The molecular weight excluding hydrogens is 166 g/mol. The van der Waals surface area contributed by atoms with Gasteiger partial charge in [-0.3, -0.25) is 4.79 Å². The second kappa shape index (κ2) is 4.86. The summed E-state index contributed by atoms with van der Waals surface area (Å²) in [5.41, 5.74) is 0. The molecule has 0 aromatic rings. The first kappa shape index (κ1) is 10.0.